The van der Waals surface area contributed by atoms with Crippen molar-refractivity contribution in [1.82, 2.24) is 0 Å². The molecule has 0 amide bonds. The van der Waals surface area contributed by atoms with Gasteiger partial charge in [0, 0.05) is 24.5 Å². The van der Waals surface area contributed by atoms with Crippen LogP contribution in [0.3, 0.4) is 0 Å². The SMILES string of the molecule is O=C1CCCC[C@@H]1Cc1ccc([N+](=O)[O-])cc1. The lowest BCUT2D eigenvalue weighted by molar-refractivity contribution is -0.384. The molecule has 0 aliphatic heterocycles. The van der Waals surface area contributed by atoms with E-state index < -0.39 is 4.92 Å². The van der Waals surface area contributed by atoms with Crippen LogP contribution in [-0.4, -0.2) is 10.7 Å². The zero-order valence-electron chi connectivity index (χ0n) is 9.59. The summed E-state index contributed by atoms with van der Waals surface area (Å²) in [5.74, 6) is 0.458. The van der Waals surface area contributed by atoms with Gasteiger partial charge < -0.3 is 0 Å². The van der Waals surface area contributed by atoms with Gasteiger partial charge >= 0.3 is 0 Å². The summed E-state index contributed by atoms with van der Waals surface area (Å²) in [5, 5.41) is 10.5. The third-order valence-electron chi connectivity index (χ3n) is 3.31. The molecule has 1 fully saturated rings. The van der Waals surface area contributed by atoms with Crippen molar-refractivity contribution in [3.63, 3.8) is 0 Å². The molecule has 1 atom stereocenters. The van der Waals surface area contributed by atoms with E-state index in [0.717, 1.165) is 31.2 Å². The molecule has 0 radical (unpaired) electrons. The Morgan fingerprint density at radius 3 is 2.53 bits per heavy atom. The van der Waals surface area contributed by atoms with Crippen molar-refractivity contribution in [2.24, 2.45) is 5.92 Å². The van der Waals surface area contributed by atoms with Crippen LogP contribution in [0.25, 0.3) is 0 Å². The molecule has 1 aromatic rings. The number of rotatable bonds is 3. The molecule has 0 spiro atoms. The second-order valence-corrected chi connectivity index (χ2v) is 4.54. The number of benzene rings is 1. The van der Waals surface area contributed by atoms with E-state index in [-0.39, 0.29) is 11.6 Å². The van der Waals surface area contributed by atoms with E-state index in [0.29, 0.717) is 12.2 Å². The van der Waals surface area contributed by atoms with Gasteiger partial charge in [0.2, 0.25) is 0 Å². The van der Waals surface area contributed by atoms with E-state index in [9.17, 15) is 14.9 Å². The van der Waals surface area contributed by atoms with Crippen LogP contribution in [0.2, 0.25) is 0 Å². The highest BCUT2D eigenvalue weighted by Gasteiger charge is 2.22. The summed E-state index contributed by atoms with van der Waals surface area (Å²) in [6.45, 7) is 0. The first kappa shape index (κ1) is 11.8. The predicted molar refractivity (Wildman–Crippen MR) is 63.8 cm³/mol. The molecule has 2 rings (SSSR count). The quantitative estimate of drug-likeness (QED) is 0.595. The number of hydrogen-bond donors (Lipinski definition) is 0. The Hall–Kier alpha value is -1.71. The largest absolute Gasteiger partial charge is 0.299 e. The molecule has 4 nitrogen and oxygen atoms in total. The maximum absolute atomic E-state index is 11.7. The molecule has 17 heavy (non-hydrogen) atoms. The number of Topliss-reactive ketones (excluding diaryl/α,β-unsaturated/α-hetero) is 1. The van der Waals surface area contributed by atoms with E-state index in [2.05, 4.69) is 0 Å². The van der Waals surface area contributed by atoms with Gasteiger partial charge in [-0.3, -0.25) is 14.9 Å². The number of nitrogens with zero attached hydrogens (tertiary/aromatic N) is 1. The molecule has 1 aliphatic rings. The van der Waals surface area contributed by atoms with Crippen LogP contribution in [0.4, 0.5) is 5.69 Å². The molecule has 0 aromatic heterocycles. The Balaban J connectivity index is 2.03. The van der Waals surface area contributed by atoms with Crippen LogP contribution in [0.5, 0.6) is 0 Å². The fraction of sp³-hybridized carbons (Fsp3) is 0.462. The second kappa shape index (κ2) is 5.08. The number of carbonyl (C=O) groups excluding carboxylic acids is 1. The molecule has 1 saturated carbocycles. The van der Waals surface area contributed by atoms with Gasteiger partial charge in [-0.15, -0.1) is 0 Å². The fourth-order valence-electron chi connectivity index (χ4n) is 2.31. The lowest BCUT2D eigenvalue weighted by atomic mass is 9.84. The van der Waals surface area contributed by atoms with Gasteiger partial charge in [0.1, 0.15) is 5.78 Å². The van der Waals surface area contributed by atoms with Gasteiger partial charge in [-0.1, -0.05) is 18.6 Å². The van der Waals surface area contributed by atoms with Gasteiger partial charge in [0.15, 0.2) is 0 Å². The standard InChI is InChI=1S/C13H15NO3/c15-13-4-2-1-3-11(13)9-10-5-7-12(8-6-10)14(16)17/h5-8,11H,1-4,9H2/t11-/m1/s1. The highest BCUT2D eigenvalue weighted by atomic mass is 16.6. The molecular weight excluding hydrogens is 218 g/mol. The Kier molecular flexibility index (Phi) is 3.52. The van der Waals surface area contributed by atoms with Crippen molar-refractivity contribution in [2.45, 2.75) is 32.1 Å². The molecule has 90 valence electrons. The molecule has 4 heteroatoms. The third kappa shape index (κ3) is 2.90. The minimum atomic E-state index is -0.407. The van der Waals surface area contributed by atoms with Gasteiger partial charge in [-0.25, -0.2) is 0 Å². The molecule has 0 unspecified atom stereocenters. The monoisotopic (exact) mass is 233 g/mol. The Bertz CT molecular complexity index is 425. The maximum Gasteiger partial charge on any atom is 0.269 e. The van der Waals surface area contributed by atoms with Crippen molar-refractivity contribution >= 4 is 11.5 Å². The Morgan fingerprint density at radius 1 is 1.24 bits per heavy atom. The van der Waals surface area contributed by atoms with Gasteiger partial charge in [-0.05, 0) is 24.8 Å². The summed E-state index contributed by atoms with van der Waals surface area (Å²) in [7, 11) is 0. The summed E-state index contributed by atoms with van der Waals surface area (Å²) in [6, 6.07) is 6.51. The zero-order chi connectivity index (χ0) is 12.3. The maximum atomic E-state index is 11.7. The molecule has 0 bridgehead atoms. The van der Waals surface area contributed by atoms with Gasteiger partial charge in [0.25, 0.3) is 5.69 Å². The van der Waals surface area contributed by atoms with Crippen molar-refractivity contribution in [1.29, 1.82) is 0 Å². The number of ketones is 1. The molecule has 1 aromatic carbocycles. The highest BCUT2D eigenvalue weighted by Crippen LogP contribution is 2.24. The van der Waals surface area contributed by atoms with Crippen LogP contribution < -0.4 is 0 Å². The molecule has 1 aliphatic carbocycles. The van der Waals surface area contributed by atoms with Gasteiger partial charge in [-0.2, -0.15) is 0 Å². The molecule has 0 heterocycles. The van der Waals surface area contributed by atoms with Crippen LogP contribution >= 0.6 is 0 Å². The Morgan fingerprint density at radius 2 is 1.94 bits per heavy atom. The average Bonchev–Trinajstić information content (AvgIpc) is 2.33. The van der Waals surface area contributed by atoms with E-state index in [4.69, 9.17) is 0 Å². The first-order chi connectivity index (χ1) is 8.16. The number of non-ortho nitro benzene ring substituents is 1. The minimum Gasteiger partial charge on any atom is -0.299 e. The number of hydrogen-bond acceptors (Lipinski definition) is 3. The zero-order valence-corrected chi connectivity index (χ0v) is 9.59. The van der Waals surface area contributed by atoms with E-state index in [1.807, 2.05) is 0 Å². The summed E-state index contributed by atoms with van der Waals surface area (Å²) in [4.78, 5) is 21.8. The number of nitro groups is 1. The first-order valence-corrected chi connectivity index (χ1v) is 5.93. The van der Waals surface area contributed by atoms with Crippen LogP contribution in [0.1, 0.15) is 31.2 Å². The minimum absolute atomic E-state index is 0.101. The predicted octanol–water partition coefficient (Wildman–Crippen LogP) is 2.90. The normalized spacial score (nSPS) is 20.2. The topological polar surface area (TPSA) is 60.2 Å². The summed E-state index contributed by atoms with van der Waals surface area (Å²) < 4.78 is 0. The first-order valence-electron chi connectivity index (χ1n) is 5.93. The van der Waals surface area contributed by atoms with Crippen LogP contribution in [-0.2, 0) is 11.2 Å². The smallest absolute Gasteiger partial charge is 0.269 e. The summed E-state index contributed by atoms with van der Waals surface area (Å²) >= 11 is 0. The van der Waals surface area contributed by atoms with E-state index in [1.165, 1.54) is 12.1 Å². The van der Waals surface area contributed by atoms with Crippen molar-refractivity contribution in [3.05, 3.63) is 39.9 Å². The van der Waals surface area contributed by atoms with E-state index >= 15 is 0 Å². The molecule has 0 N–H and O–H groups in total. The molecular formula is C13H15NO3. The molecule has 0 saturated heterocycles. The summed E-state index contributed by atoms with van der Waals surface area (Å²) in [6.07, 6.45) is 4.49. The van der Waals surface area contributed by atoms with Crippen molar-refractivity contribution in [2.75, 3.05) is 0 Å². The fourth-order valence-corrected chi connectivity index (χ4v) is 2.31. The highest BCUT2D eigenvalue weighted by molar-refractivity contribution is 5.81. The number of carbonyl (C=O) groups is 1. The van der Waals surface area contributed by atoms with E-state index in [1.54, 1.807) is 12.1 Å². The second-order valence-electron chi connectivity index (χ2n) is 4.54. The third-order valence-corrected chi connectivity index (χ3v) is 3.31. The van der Waals surface area contributed by atoms with Crippen molar-refractivity contribution < 1.29 is 9.72 Å². The average molecular weight is 233 g/mol. The lowest BCUT2D eigenvalue weighted by Crippen LogP contribution is -2.20. The van der Waals surface area contributed by atoms with Gasteiger partial charge in [0.05, 0.1) is 4.92 Å². The number of nitro benzene ring substituents is 1. The lowest BCUT2D eigenvalue weighted by Gasteiger charge is -2.20. The Labute approximate surface area is 99.8 Å². The summed E-state index contributed by atoms with van der Waals surface area (Å²) in [5.41, 5.74) is 1.11. The van der Waals surface area contributed by atoms with Crippen molar-refractivity contribution in [3.8, 4) is 0 Å². The van der Waals surface area contributed by atoms with Crippen LogP contribution in [0.15, 0.2) is 24.3 Å². The van der Waals surface area contributed by atoms with Crippen LogP contribution in [0, 0.1) is 16.0 Å².